The lowest BCUT2D eigenvalue weighted by Crippen LogP contribution is -2.30. The molecule has 2 atom stereocenters. The second-order valence-electron chi connectivity index (χ2n) is 8.16. The Bertz CT molecular complexity index is 1460. The van der Waals surface area contributed by atoms with Crippen LogP contribution in [0.1, 0.15) is 43.1 Å². The number of methoxy groups -OCH3 is 2. The standard InChI is InChI=1S/C23H26ClN7O5S/c1-5-16-9-17(36-30-16)12-31-19(28-29-23(31)18-7-6-8-20(27-18)34-3)13-37(32,33)14(2)21(35-4)22-25-10-15(24)11-26-22/h6-11,14,21H,5,12-13H2,1-4H3/t14-,21-/m0/s1. The van der Waals surface area contributed by atoms with Crippen LogP contribution in [-0.4, -0.2) is 62.8 Å². The summed E-state index contributed by atoms with van der Waals surface area (Å²) in [6.07, 6.45) is 2.56. The third kappa shape index (κ3) is 5.95. The lowest BCUT2D eigenvalue weighted by Gasteiger charge is -2.21. The summed E-state index contributed by atoms with van der Waals surface area (Å²) >= 11 is 5.88. The second kappa shape index (κ2) is 11.3. The number of rotatable bonds is 11. The van der Waals surface area contributed by atoms with Crippen molar-refractivity contribution in [2.75, 3.05) is 14.2 Å². The quantitative estimate of drug-likeness (QED) is 0.272. The van der Waals surface area contributed by atoms with Crippen molar-refractivity contribution in [3.8, 4) is 17.4 Å². The summed E-state index contributed by atoms with van der Waals surface area (Å²) in [7, 11) is -0.922. The topological polar surface area (TPSA) is 148 Å². The third-order valence-corrected chi connectivity index (χ3v) is 7.98. The Morgan fingerprint density at radius 3 is 2.57 bits per heavy atom. The number of halogens is 1. The minimum atomic E-state index is -3.83. The van der Waals surface area contributed by atoms with Gasteiger partial charge in [-0.1, -0.05) is 29.7 Å². The molecule has 0 saturated carbocycles. The Labute approximate surface area is 218 Å². The van der Waals surface area contributed by atoms with Gasteiger partial charge in [0.2, 0.25) is 5.88 Å². The summed E-state index contributed by atoms with van der Waals surface area (Å²) in [6.45, 7) is 3.65. The molecule has 4 aromatic rings. The number of aromatic nitrogens is 7. The zero-order chi connectivity index (χ0) is 26.6. The molecule has 37 heavy (non-hydrogen) atoms. The van der Waals surface area contributed by atoms with E-state index in [4.69, 9.17) is 25.6 Å². The summed E-state index contributed by atoms with van der Waals surface area (Å²) in [4.78, 5) is 12.7. The highest BCUT2D eigenvalue weighted by Crippen LogP contribution is 2.27. The molecule has 0 unspecified atom stereocenters. The van der Waals surface area contributed by atoms with Crippen molar-refractivity contribution in [3.63, 3.8) is 0 Å². The van der Waals surface area contributed by atoms with Gasteiger partial charge in [-0.05, 0) is 19.4 Å². The molecule has 0 fully saturated rings. The molecule has 0 aliphatic heterocycles. The van der Waals surface area contributed by atoms with Crippen molar-refractivity contribution in [1.29, 1.82) is 0 Å². The van der Waals surface area contributed by atoms with E-state index in [0.717, 1.165) is 5.69 Å². The maximum absolute atomic E-state index is 13.5. The lowest BCUT2D eigenvalue weighted by molar-refractivity contribution is 0.0948. The average Bonchev–Trinajstić information content (AvgIpc) is 3.52. The highest BCUT2D eigenvalue weighted by molar-refractivity contribution is 7.91. The molecule has 0 aromatic carbocycles. The fraction of sp³-hybridized carbons (Fsp3) is 0.391. The number of hydrogen-bond donors (Lipinski definition) is 0. The zero-order valence-electron chi connectivity index (χ0n) is 20.7. The van der Waals surface area contributed by atoms with Crippen LogP contribution in [-0.2, 0) is 33.3 Å². The van der Waals surface area contributed by atoms with Gasteiger partial charge in [0.1, 0.15) is 23.4 Å². The van der Waals surface area contributed by atoms with E-state index in [0.29, 0.717) is 34.6 Å². The van der Waals surface area contributed by atoms with Crippen LogP contribution in [0, 0.1) is 0 Å². The Hall–Kier alpha value is -3.42. The number of nitrogens with zero attached hydrogens (tertiary/aromatic N) is 7. The average molecular weight is 548 g/mol. The van der Waals surface area contributed by atoms with Gasteiger partial charge < -0.3 is 18.6 Å². The van der Waals surface area contributed by atoms with Crippen molar-refractivity contribution in [2.45, 2.75) is 43.9 Å². The van der Waals surface area contributed by atoms with Gasteiger partial charge in [0.05, 0.1) is 29.6 Å². The van der Waals surface area contributed by atoms with Crippen molar-refractivity contribution in [1.82, 2.24) is 34.9 Å². The predicted molar refractivity (Wildman–Crippen MR) is 134 cm³/mol. The molecule has 4 aromatic heterocycles. The van der Waals surface area contributed by atoms with E-state index in [9.17, 15) is 8.42 Å². The van der Waals surface area contributed by atoms with E-state index in [2.05, 4.69) is 30.3 Å². The van der Waals surface area contributed by atoms with E-state index in [1.54, 1.807) is 22.8 Å². The van der Waals surface area contributed by atoms with E-state index < -0.39 is 26.9 Å². The summed E-state index contributed by atoms with van der Waals surface area (Å²) < 4.78 is 44.9. The Morgan fingerprint density at radius 1 is 1.16 bits per heavy atom. The fourth-order valence-electron chi connectivity index (χ4n) is 3.68. The summed E-state index contributed by atoms with van der Waals surface area (Å²) in [5.41, 5.74) is 1.24. The number of aryl methyl sites for hydroxylation is 1. The van der Waals surface area contributed by atoms with Crippen LogP contribution in [0.5, 0.6) is 5.88 Å². The number of sulfone groups is 1. The molecule has 4 rings (SSSR count). The highest BCUT2D eigenvalue weighted by Gasteiger charge is 2.34. The van der Waals surface area contributed by atoms with Gasteiger partial charge in [-0.3, -0.25) is 0 Å². The molecule has 0 aliphatic carbocycles. The molecule has 12 nitrogen and oxygen atoms in total. The number of hydrogen-bond acceptors (Lipinski definition) is 11. The molecule has 14 heteroatoms. The molecule has 0 radical (unpaired) electrons. The van der Waals surface area contributed by atoms with Crippen LogP contribution in [0.25, 0.3) is 11.5 Å². The van der Waals surface area contributed by atoms with E-state index in [1.807, 2.05) is 13.0 Å². The first-order valence-corrected chi connectivity index (χ1v) is 13.4. The first-order valence-electron chi connectivity index (χ1n) is 11.4. The Balaban J connectivity index is 1.70. The first-order chi connectivity index (χ1) is 17.7. The molecule has 0 aliphatic rings. The van der Waals surface area contributed by atoms with Crippen LogP contribution in [0.2, 0.25) is 5.02 Å². The Morgan fingerprint density at radius 2 is 1.92 bits per heavy atom. The monoisotopic (exact) mass is 547 g/mol. The van der Waals surface area contributed by atoms with E-state index in [1.165, 1.54) is 33.5 Å². The van der Waals surface area contributed by atoms with Gasteiger partial charge >= 0.3 is 0 Å². The van der Waals surface area contributed by atoms with Crippen molar-refractivity contribution < 1.29 is 22.4 Å². The molecule has 0 bridgehead atoms. The largest absolute Gasteiger partial charge is 0.481 e. The normalized spacial score (nSPS) is 13.4. The molecule has 0 spiro atoms. The minimum Gasteiger partial charge on any atom is -0.481 e. The lowest BCUT2D eigenvalue weighted by atomic mass is 10.2. The van der Waals surface area contributed by atoms with Crippen molar-refractivity contribution >= 4 is 21.4 Å². The number of pyridine rings is 1. The molecule has 0 N–H and O–H groups in total. The fourth-order valence-corrected chi connectivity index (χ4v) is 5.22. The van der Waals surface area contributed by atoms with E-state index >= 15 is 0 Å². The van der Waals surface area contributed by atoms with Crippen LogP contribution in [0.3, 0.4) is 0 Å². The summed E-state index contributed by atoms with van der Waals surface area (Å²) in [6, 6.07) is 7.01. The molecule has 0 amide bonds. The van der Waals surface area contributed by atoms with Crippen molar-refractivity contribution in [3.05, 3.63) is 64.8 Å². The van der Waals surface area contributed by atoms with Gasteiger partial charge in [0.15, 0.2) is 27.2 Å². The molecule has 4 heterocycles. The SMILES string of the molecule is CCc1cc(Cn2c(CS(=O)(=O)[C@@H](C)[C@H](OC)c3ncc(Cl)cn3)nnc2-c2cccc(OC)n2)on1. The van der Waals surface area contributed by atoms with Crippen LogP contribution in [0.15, 0.2) is 41.2 Å². The minimum absolute atomic E-state index is 0.154. The van der Waals surface area contributed by atoms with Gasteiger partial charge in [0.25, 0.3) is 0 Å². The zero-order valence-corrected chi connectivity index (χ0v) is 22.3. The predicted octanol–water partition coefficient (Wildman–Crippen LogP) is 3.08. The third-order valence-electron chi connectivity index (χ3n) is 5.74. The summed E-state index contributed by atoms with van der Waals surface area (Å²) in [5, 5.41) is 11.8. The van der Waals surface area contributed by atoms with Crippen LogP contribution >= 0.6 is 11.6 Å². The van der Waals surface area contributed by atoms with Crippen LogP contribution in [0.4, 0.5) is 0 Å². The molecule has 0 saturated heterocycles. The maximum atomic E-state index is 13.5. The maximum Gasteiger partial charge on any atom is 0.213 e. The van der Waals surface area contributed by atoms with Gasteiger partial charge in [-0.15, -0.1) is 10.2 Å². The van der Waals surface area contributed by atoms with Gasteiger partial charge in [-0.25, -0.2) is 23.4 Å². The Kier molecular flexibility index (Phi) is 8.15. The smallest absolute Gasteiger partial charge is 0.213 e. The van der Waals surface area contributed by atoms with E-state index in [-0.39, 0.29) is 18.2 Å². The summed E-state index contributed by atoms with van der Waals surface area (Å²) in [5.74, 6) is 1.25. The highest BCUT2D eigenvalue weighted by atomic mass is 35.5. The van der Waals surface area contributed by atoms with Crippen LogP contribution < -0.4 is 4.74 Å². The first kappa shape index (κ1) is 26.6. The molecular formula is C23H26ClN7O5S. The molecular weight excluding hydrogens is 522 g/mol. The van der Waals surface area contributed by atoms with Crippen molar-refractivity contribution in [2.24, 2.45) is 0 Å². The van der Waals surface area contributed by atoms with Gasteiger partial charge in [0, 0.05) is 31.6 Å². The molecule has 196 valence electrons. The number of ether oxygens (including phenoxy) is 2. The second-order valence-corrected chi connectivity index (χ2v) is 11.0. The van der Waals surface area contributed by atoms with Gasteiger partial charge in [-0.2, -0.15) is 0 Å².